The van der Waals surface area contributed by atoms with Gasteiger partial charge in [-0.05, 0) is 73.4 Å². The zero-order valence-electron chi connectivity index (χ0n) is 14.8. The Bertz CT molecular complexity index is 783. The van der Waals surface area contributed by atoms with Crippen molar-refractivity contribution < 1.29 is 9.53 Å². The van der Waals surface area contributed by atoms with E-state index in [1.807, 2.05) is 36.1 Å². The van der Waals surface area contributed by atoms with Gasteiger partial charge in [0.1, 0.15) is 5.75 Å². The minimum Gasteiger partial charge on any atom is -0.481 e. The predicted molar refractivity (Wildman–Crippen MR) is 100 cm³/mol. The van der Waals surface area contributed by atoms with E-state index < -0.39 is 6.10 Å². The lowest BCUT2D eigenvalue weighted by molar-refractivity contribution is -0.125. The number of hydrogen-bond donors (Lipinski definition) is 0. The van der Waals surface area contributed by atoms with Gasteiger partial charge in [-0.15, -0.1) is 0 Å². The maximum atomic E-state index is 13.0. The largest absolute Gasteiger partial charge is 0.481 e. The number of carbonyl (C=O) groups excluding carboxylic acids is 1. The molecule has 2 aliphatic rings. The van der Waals surface area contributed by atoms with Crippen LogP contribution >= 0.6 is 0 Å². The highest BCUT2D eigenvalue weighted by molar-refractivity contribution is 5.98. The van der Waals surface area contributed by atoms with Crippen LogP contribution in [0.15, 0.2) is 42.5 Å². The normalized spacial score (nSPS) is 16.9. The van der Waals surface area contributed by atoms with E-state index in [1.165, 1.54) is 29.5 Å². The first-order chi connectivity index (χ1) is 12.3. The number of nitrogens with zero attached hydrogens (tertiary/aromatic N) is 1. The molecule has 1 aliphatic carbocycles. The molecular formula is C22H25NO2. The fraction of sp³-hybridized carbons (Fsp3) is 0.409. The van der Waals surface area contributed by atoms with Crippen molar-refractivity contribution in [2.75, 3.05) is 11.4 Å². The third-order valence-electron chi connectivity index (χ3n) is 5.40. The van der Waals surface area contributed by atoms with Gasteiger partial charge in [-0.2, -0.15) is 0 Å². The van der Waals surface area contributed by atoms with Crippen molar-refractivity contribution in [2.45, 2.75) is 51.6 Å². The van der Waals surface area contributed by atoms with Crippen LogP contribution in [0.1, 0.15) is 42.9 Å². The quantitative estimate of drug-likeness (QED) is 0.833. The molecule has 0 saturated carbocycles. The lowest BCUT2D eigenvalue weighted by atomic mass is 9.92. The maximum Gasteiger partial charge on any atom is 0.268 e. The van der Waals surface area contributed by atoms with Crippen molar-refractivity contribution in [1.82, 2.24) is 0 Å². The number of amides is 1. The minimum atomic E-state index is -0.423. The number of anilines is 1. The predicted octanol–water partition coefficient (Wildman–Crippen LogP) is 4.31. The van der Waals surface area contributed by atoms with Crippen LogP contribution in [0.3, 0.4) is 0 Å². The Morgan fingerprint density at radius 1 is 1.04 bits per heavy atom. The number of carbonyl (C=O) groups is 1. The van der Waals surface area contributed by atoms with Crippen LogP contribution in [0.5, 0.6) is 5.75 Å². The Labute approximate surface area is 149 Å². The summed E-state index contributed by atoms with van der Waals surface area (Å²) in [5.41, 5.74) is 5.11. The van der Waals surface area contributed by atoms with Crippen molar-refractivity contribution in [2.24, 2.45) is 0 Å². The molecular weight excluding hydrogens is 310 g/mol. The molecule has 0 N–H and O–H groups in total. The van der Waals surface area contributed by atoms with Gasteiger partial charge in [-0.1, -0.05) is 31.2 Å². The van der Waals surface area contributed by atoms with E-state index in [0.717, 1.165) is 37.2 Å². The van der Waals surface area contributed by atoms with E-state index in [0.29, 0.717) is 6.42 Å². The second-order valence-corrected chi connectivity index (χ2v) is 7.02. The van der Waals surface area contributed by atoms with E-state index in [1.54, 1.807) is 0 Å². The molecule has 2 aromatic carbocycles. The molecule has 1 heterocycles. The molecule has 2 aromatic rings. The number of para-hydroxylation sites is 1. The number of hydrogen-bond acceptors (Lipinski definition) is 2. The average Bonchev–Trinajstić information content (AvgIpc) is 3.09. The Kier molecular flexibility index (Phi) is 4.48. The Morgan fingerprint density at radius 2 is 1.84 bits per heavy atom. The third-order valence-corrected chi connectivity index (χ3v) is 5.40. The zero-order valence-corrected chi connectivity index (χ0v) is 14.8. The summed E-state index contributed by atoms with van der Waals surface area (Å²) >= 11 is 0. The van der Waals surface area contributed by atoms with Crippen LogP contribution in [-0.2, 0) is 24.1 Å². The topological polar surface area (TPSA) is 29.5 Å². The van der Waals surface area contributed by atoms with Gasteiger partial charge in [0.05, 0.1) is 0 Å². The van der Waals surface area contributed by atoms with Crippen LogP contribution in [0.2, 0.25) is 0 Å². The summed E-state index contributed by atoms with van der Waals surface area (Å²) in [4.78, 5) is 14.9. The minimum absolute atomic E-state index is 0.0742. The molecule has 130 valence electrons. The van der Waals surface area contributed by atoms with E-state index in [-0.39, 0.29) is 5.91 Å². The summed E-state index contributed by atoms with van der Waals surface area (Å²) in [5, 5.41) is 0. The smallest absolute Gasteiger partial charge is 0.268 e. The Morgan fingerprint density at radius 3 is 2.68 bits per heavy atom. The highest BCUT2D eigenvalue weighted by atomic mass is 16.5. The van der Waals surface area contributed by atoms with Crippen molar-refractivity contribution >= 4 is 11.6 Å². The fourth-order valence-corrected chi connectivity index (χ4v) is 4.00. The van der Waals surface area contributed by atoms with Crippen LogP contribution in [0.4, 0.5) is 5.69 Å². The molecule has 1 atom stereocenters. The molecule has 0 saturated heterocycles. The SMILES string of the molecule is CC[C@@H](Oc1ccc2c(c1)CCCC2)C(=O)N1CCc2ccccc21. The van der Waals surface area contributed by atoms with Gasteiger partial charge < -0.3 is 9.64 Å². The second-order valence-electron chi connectivity index (χ2n) is 7.02. The van der Waals surface area contributed by atoms with Crippen LogP contribution < -0.4 is 9.64 Å². The van der Waals surface area contributed by atoms with E-state index in [4.69, 9.17) is 4.74 Å². The average molecular weight is 335 g/mol. The Hall–Kier alpha value is -2.29. The standard InChI is InChI=1S/C22H25NO2/c1-2-21(22(24)23-14-13-17-8-5-6-10-20(17)23)25-19-12-11-16-7-3-4-9-18(16)15-19/h5-6,8,10-12,15,21H,2-4,7,9,13-14H2,1H3/t21-/m1/s1. The summed E-state index contributed by atoms with van der Waals surface area (Å²) in [6.45, 7) is 2.77. The number of benzene rings is 2. The van der Waals surface area contributed by atoms with Gasteiger partial charge in [0.15, 0.2) is 6.10 Å². The van der Waals surface area contributed by atoms with Crippen LogP contribution in [0.25, 0.3) is 0 Å². The maximum absolute atomic E-state index is 13.0. The lowest BCUT2D eigenvalue weighted by Crippen LogP contribution is -2.41. The van der Waals surface area contributed by atoms with Crippen molar-refractivity contribution in [1.29, 1.82) is 0 Å². The van der Waals surface area contributed by atoms with E-state index in [9.17, 15) is 4.79 Å². The van der Waals surface area contributed by atoms with Crippen molar-refractivity contribution in [3.8, 4) is 5.75 Å². The fourth-order valence-electron chi connectivity index (χ4n) is 4.00. The highest BCUT2D eigenvalue weighted by Gasteiger charge is 2.30. The first kappa shape index (κ1) is 16.2. The van der Waals surface area contributed by atoms with E-state index in [2.05, 4.69) is 18.2 Å². The zero-order chi connectivity index (χ0) is 17.2. The summed E-state index contributed by atoms with van der Waals surface area (Å²) < 4.78 is 6.13. The summed E-state index contributed by atoms with van der Waals surface area (Å²) in [7, 11) is 0. The van der Waals surface area contributed by atoms with Crippen molar-refractivity contribution in [3.63, 3.8) is 0 Å². The van der Waals surface area contributed by atoms with Gasteiger partial charge >= 0.3 is 0 Å². The molecule has 1 amide bonds. The number of fused-ring (bicyclic) bond motifs is 2. The molecule has 0 unspecified atom stereocenters. The lowest BCUT2D eigenvalue weighted by Gasteiger charge is -2.25. The van der Waals surface area contributed by atoms with Gasteiger partial charge in [0.2, 0.25) is 0 Å². The molecule has 0 aromatic heterocycles. The van der Waals surface area contributed by atoms with Gasteiger partial charge in [0.25, 0.3) is 5.91 Å². The number of ether oxygens (including phenoxy) is 1. The number of rotatable bonds is 4. The van der Waals surface area contributed by atoms with E-state index >= 15 is 0 Å². The summed E-state index contributed by atoms with van der Waals surface area (Å²) in [6, 6.07) is 14.5. The molecule has 0 bridgehead atoms. The second kappa shape index (κ2) is 6.91. The number of aryl methyl sites for hydroxylation is 2. The van der Waals surface area contributed by atoms with Gasteiger partial charge in [-0.3, -0.25) is 4.79 Å². The summed E-state index contributed by atoms with van der Waals surface area (Å²) in [5.74, 6) is 0.901. The molecule has 4 rings (SSSR count). The first-order valence-corrected chi connectivity index (χ1v) is 9.44. The van der Waals surface area contributed by atoms with Gasteiger partial charge in [0, 0.05) is 12.2 Å². The van der Waals surface area contributed by atoms with Gasteiger partial charge in [-0.25, -0.2) is 0 Å². The molecule has 25 heavy (non-hydrogen) atoms. The third kappa shape index (κ3) is 3.15. The molecule has 1 aliphatic heterocycles. The molecule has 3 nitrogen and oxygen atoms in total. The molecule has 3 heteroatoms. The molecule has 0 fully saturated rings. The summed E-state index contributed by atoms with van der Waals surface area (Å²) in [6.07, 6.45) is 5.99. The molecule has 0 radical (unpaired) electrons. The van der Waals surface area contributed by atoms with Crippen molar-refractivity contribution in [3.05, 3.63) is 59.2 Å². The first-order valence-electron chi connectivity index (χ1n) is 9.44. The molecule has 0 spiro atoms. The van der Waals surface area contributed by atoms with Crippen LogP contribution in [0, 0.1) is 0 Å². The highest BCUT2D eigenvalue weighted by Crippen LogP contribution is 2.30. The monoisotopic (exact) mass is 335 g/mol. The Balaban J connectivity index is 1.52. The van der Waals surface area contributed by atoms with Crippen LogP contribution in [-0.4, -0.2) is 18.6 Å².